The molecule has 0 bridgehead atoms. The minimum absolute atomic E-state index is 0.106. The van der Waals surface area contributed by atoms with E-state index in [1.165, 1.54) is 28.6 Å². The van der Waals surface area contributed by atoms with Crippen LogP contribution in [0.2, 0.25) is 0 Å². The summed E-state index contributed by atoms with van der Waals surface area (Å²) in [6, 6.07) is 0. The lowest BCUT2D eigenvalue weighted by atomic mass is 9.91. The van der Waals surface area contributed by atoms with Crippen molar-refractivity contribution in [2.75, 3.05) is 18.1 Å². The second kappa shape index (κ2) is 10.6. The lowest BCUT2D eigenvalue weighted by Crippen LogP contribution is -2.33. The van der Waals surface area contributed by atoms with E-state index in [0.29, 0.717) is 23.8 Å². The predicted octanol–water partition coefficient (Wildman–Crippen LogP) is -1.42. The highest BCUT2D eigenvalue weighted by molar-refractivity contribution is 7.99. The first kappa shape index (κ1) is 25.0. The number of imidazole rings is 1. The van der Waals surface area contributed by atoms with Gasteiger partial charge in [0.05, 0.1) is 12.9 Å². The Morgan fingerprint density at radius 2 is 2.06 bits per heavy atom. The molecule has 32 heavy (non-hydrogen) atoms. The van der Waals surface area contributed by atoms with Crippen molar-refractivity contribution in [3.63, 3.8) is 0 Å². The molecular formula is C15H23BN5O9PS. The summed E-state index contributed by atoms with van der Waals surface area (Å²) in [6.07, 6.45) is -0.968. The molecule has 14 nitrogen and oxygen atoms in total. The molecule has 2 aromatic rings. The first-order chi connectivity index (χ1) is 15.1. The largest absolute Gasteiger partial charge is 0.480 e. The van der Waals surface area contributed by atoms with Crippen molar-refractivity contribution in [3.8, 4) is 0 Å². The Bertz CT molecular complexity index is 1010. The highest BCUT2D eigenvalue weighted by Gasteiger charge is 2.45. The van der Waals surface area contributed by atoms with Gasteiger partial charge in [-0.1, -0.05) is 23.8 Å². The van der Waals surface area contributed by atoms with Crippen LogP contribution in [0.5, 0.6) is 0 Å². The van der Waals surface area contributed by atoms with Crippen molar-refractivity contribution in [2.24, 2.45) is 0 Å². The van der Waals surface area contributed by atoms with Crippen LogP contribution in [0.4, 0.5) is 5.82 Å². The number of nitrogens with zero attached hydrogens (tertiary/aromatic N) is 4. The number of phosphoric ester groups is 1. The number of nitrogens with two attached hydrogens (primary N) is 1. The SMILES string of the molecule is Nc1nc(SCCC/C=C/B(O)O)nc2c1ncn2C1OC(COP(=O)(O)O)C(O)C1O. The van der Waals surface area contributed by atoms with E-state index in [-0.39, 0.29) is 17.0 Å². The molecule has 0 spiro atoms. The van der Waals surface area contributed by atoms with Gasteiger partial charge in [-0.2, -0.15) is 0 Å². The highest BCUT2D eigenvalue weighted by atomic mass is 32.2. The van der Waals surface area contributed by atoms with Crippen LogP contribution in [-0.4, -0.2) is 87.4 Å². The molecular weight excluding hydrogens is 468 g/mol. The molecule has 4 atom stereocenters. The van der Waals surface area contributed by atoms with Gasteiger partial charge in [0.15, 0.2) is 22.8 Å². The van der Waals surface area contributed by atoms with E-state index in [2.05, 4.69) is 19.5 Å². The number of ether oxygens (including phenoxy) is 1. The standard InChI is InChI=1S/C15H23BN5O9PS/c17-12-9-13(20-15(19-12)32-5-3-1-2-4-16(24)25)21(7-18-9)14-11(23)10(22)8(30-14)6-29-31(26,27)28/h2,4,7-8,10-11,14,22-25H,1,3,5-6H2,(H2,17,19,20)(H2,26,27,28)/b4-2+. The Kier molecular flexibility index (Phi) is 8.27. The number of aliphatic hydroxyl groups excluding tert-OH is 2. The molecule has 0 aliphatic carbocycles. The second-order valence-electron chi connectivity index (χ2n) is 6.88. The first-order valence-corrected chi connectivity index (χ1v) is 12.0. The number of nitrogen functional groups attached to an aromatic ring is 1. The van der Waals surface area contributed by atoms with Crippen LogP contribution in [0.25, 0.3) is 11.2 Å². The van der Waals surface area contributed by atoms with Crippen molar-refractivity contribution in [1.29, 1.82) is 0 Å². The maximum absolute atomic E-state index is 10.9. The minimum Gasteiger partial charge on any atom is -0.424 e. The van der Waals surface area contributed by atoms with E-state index >= 15 is 0 Å². The summed E-state index contributed by atoms with van der Waals surface area (Å²) in [5.74, 6) is 1.99. The number of hydrogen-bond donors (Lipinski definition) is 7. The number of aromatic nitrogens is 4. The average Bonchev–Trinajstić information content (AvgIpc) is 3.24. The van der Waals surface area contributed by atoms with Crippen molar-refractivity contribution in [1.82, 2.24) is 19.5 Å². The molecule has 3 rings (SSSR count). The van der Waals surface area contributed by atoms with E-state index in [0.717, 1.165) is 0 Å². The number of fused-ring (bicyclic) bond motifs is 1. The third kappa shape index (κ3) is 6.26. The molecule has 1 saturated heterocycles. The van der Waals surface area contributed by atoms with Gasteiger partial charge in [0.2, 0.25) is 0 Å². The number of thioether (sulfide) groups is 1. The number of aliphatic hydroxyl groups is 2. The van der Waals surface area contributed by atoms with E-state index in [4.69, 9.17) is 30.3 Å². The zero-order valence-corrected chi connectivity index (χ0v) is 18.3. The van der Waals surface area contributed by atoms with Crippen molar-refractivity contribution in [2.45, 2.75) is 42.5 Å². The summed E-state index contributed by atoms with van der Waals surface area (Å²) >= 11 is 1.31. The molecule has 1 fully saturated rings. The van der Waals surface area contributed by atoms with Crippen molar-refractivity contribution >= 4 is 43.7 Å². The Labute approximate surface area is 186 Å². The van der Waals surface area contributed by atoms with Crippen LogP contribution in [-0.2, 0) is 13.8 Å². The highest BCUT2D eigenvalue weighted by Crippen LogP contribution is 2.39. The maximum Gasteiger partial charge on any atom is 0.480 e. The predicted molar refractivity (Wildman–Crippen MR) is 113 cm³/mol. The monoisotopic (exact) mass is 491 g/mol. The van der Waals surface area contributed by atoms with Gasteiger partial charge in [0.25, 0.3) is 0 Å². The number of anilines is 1. The molecule has 0 radical (unpaired) electrons. The lowest BCUT2D eigenvalue weighted by Gasteiger charge is -2.17. The fourth-order valence-corrected chi connectivity index (χ4v) is 4.17. The van der Waals surface area contributed by atoms with Crippen LogP contribution in [0, 0.1) is 0 Å². The molecule has 4 unspecified atom stereocenters. The Morgan fingerprint density at radius 3 is 2.75 bits per heavy atom. The molecule has 8 N–H and O–H groups in total. The zero-order chi connectivity index (χ0) is 23.5. The third-order valence-electron chi connectivity index (χ3n) is 4.50. The van der Waals surface area contributed by atoms with Gasteiger partial charge in [-0.3, -0.25) is 9.09 Å². The van der Waals surface area contributed by atoms with Gasteiger partial charge in [-0.25, -0.2) is 19.5 Å². The average molecular weight is 491 g/mol. The topological polar surface area (TPSA) is 227 Å². The number of unbranched alkanes of at least 4 members (excludes halogenated alkanes) is 1. The molecule has 1 aliphatic rings. The minimum atomic E-state index is -4.78. The van der Waals surface area contributed by atoms with E-state index in [9.17, 15) is 14.8 Å². The third-order valence-corrected chi connectivity index (χ3v) is 5.92. The summed E-state index contributed by atoms with van der Waals surface area (Å²) in [7, 11) is -6.26. The second-order valence-corrected chi connectivity index (χ2v) is 9.18. The Balaban J connectivity index is 1.72. The van der Waals surface area contributed by atoms with E-state index in [1.54, 1.807) is 6.08 Å². The summed E-state index contributed by atoms with van der Waals surface area (Å²) < 4.78 is 22.2. The van der Waals surface area contributed by atoms with Crippen LogP contribution in [0.15, 0.2) is 23.5 Å². The number of allylic oxidation sites excluding steroid dienone is 1. The maximum atomic E-state index is 10.9. The summed E-state index contributed by atoms with van der Waals surface area (Å²) in [5.41, 5.74) is 6.48. The van der Waals surface area contributed by atoms with E-state index < -0.39 is 46.1 Å². The number of phosphoric acid groups is 1. The molecule has 0 saturated carbocycles. The molecule has 1 aliphatic heterocycles. The van der Waals surface area contributed by atoms with Crippen molar-refractivity contribution in [3.05, 3.63) is 18.4 Å². The van der Waals surface area contributed by atoms with Crippen LogP contribution < -0.4 is 5.73 Å². The summed E-state index contributed by atoms with van der Waals surface area (Å²) in [4.78, 5) is 30.4. The summed E-state index contributed by atoms with van der Waals surface area (Å²) in [6.45, 7) is -0.633. The molecule has 176 valence electrons. The van der Waals surface area contributed by atoms with Gasteiger partial charge in [-0.15, -0.1) is 0 Å². The van der Waals surface area contributed by atoms with Gasteiger partial charge in [0, 0.05) is 5.75 Å². The van der Waals surface area contributed by atoms with Gasteiger partial charge < -0.3 is 40.5 Å². The lowest BCUT2D eigenvalue weighted by molar-refractivity contribution is -0.0504. The van der Waals surface area contributed by atoms with Crippen LogP contribution >= 0.6 is 19.6 Å². The van der Waals surface area contributed by atoms with Gasteiger partial charge in [0.1, 0.15) is 23.8 Å². The molecule has 3 heterocycles. The van der Waals surface area contributed by atoms with Crippen LogP contribution in [0.3, 0.4) is 0 Å². The molecule has 0 amide bonds. The van der Waals surface area contributed by atoms with Crippen LogP contribution in [0.1, 0.15) is 19.1 Å². The normalized spacial score (nSPS) is 24.1. The number of hydrogen-bond acceptors (Lipinski definition) is 12. The first-order valence-electron chi connectivity index (χ1n) is 9.44. The Hall–Kier alpha value is -1.59. The molecule has 2 aromatic heterocycles. The van der Waals surface area contributed by atoms with Gasteiger partial charge in [-0.05, 0) is 12.8 Å². The van der Waals surface area contributed by atoms with Crippen molar-refractivity contribution < 1.29 is 43.9 Å². The number of rotatable bonds is 10. The van der Waals surface area contributed by atoms with Gasteiger partial charge >= 0.3 is 14.9 Å². The fraction of sp³-hybridized carbons (Fsp3) is 0.533. The van der Waals surface area contributed by atoms with E-state index in [1.807, 2.05) is 0 Å². The smallest absolute Gasteiger partial charge is 0.424 e. The molecule has 0 aromatic carbocycles. The fourth-order valence-electron chi connectivity index (χ4n) is 3.02. The Morgan fingerprint density at radius 1 is 1.31 bits per heavy atom. The quantitative estimate of drug-likeness (QED) is 0.0666. The molecule has 17 heteroatoms. The zero-order valence-electron chi connectivity index (χ0n) is 16.6. The summed E-state index contributed by atoms with van der Waals surface area (Å²) in [5, 5.41) is 38.5.